The Morgan fingerprint density at radius 3 is 2.50 bits per heavy atom. The van der Waals surface area contributed by atoms with Crippen molar-refractivity contribution in [2.24, 2.45) is 0 Å². The van der Waals surface area contributed by atoms with E-state index in [4.69, 9.17) is 5.11 Å². The second-order valence-corrected chi connectivity index (χ2v) is 5.43. The first-order valence-corrected chi connectivity index (χ1v) is 7.39. The Morgan fingerprint density at radius 2 is 1.95 bits per heavy atom. The molecular weight excluding hydrogens is 281 g/mol. The number of carbonyl (C=O) groups excluding carboxylic acids is 1. The summed E-state index contributed by atoms with van der Waals surface area (Å²) in [6.45, 7) is 2.09. The summed E-state index contributed by atoms with van der Waals surface area (Å²) in [6.07, 6.45) is 0.999. The van der Waals surface area contributed by atoms with Gasteiger partial charge in [-0.25, -0.2) is 4.39 Å². The molecule has 0 radical (unpaired) electrons. The van der Waals surface area contributed by atoms with Crippen molar-refractivity contribution < 1.29 is 19.1 Å². The third kappa shape index (κ3) is 6.06. The van der Waals surface area contributed by atoms with Crippen LogP contribution in [0.1, 0.15) is 19.8 Å². The van der Waals surface area contributed by atoms with E-state index < -0.39 is 5.97 Å². The Labute approximate surface area is 122 Å². The molecule has 20 heavy (non-hydrogen) atoms. The van der Waals surface area contributed by atoms with E-state index in [1.807, 2.05) is 6.92 Å². The number of hydrogen-bond donors (Lipinski definition) is 1. The molecule has 0 heterocycles. The number of thioether (sulfide) groups is 1. The molecule has 0 atom stereocenters. The first-order chi connectivity index (χ1) is 9.52. The highest BCUT2D eigenvalue weighted by molar-refractivity contribution is 7.99. The van der Waals surface area contributed by atoms with E-state index >= 15 is 0 Å². The highest BCUT2D eigenvalue weighted by Gasteiger charge is 2.15. The number of carboxylic acid groups (broad SMARTS) is 1. The van der Waals surface area contributed by atoms with Crippen molar-refractivity contribution in [1.29, 1.82) is 0 Å². The molecule has 6 heteroatoms. The number of carboxylic acids is 1. The number of amides is 1. The predicted molar refractivity (Wildman–Crippen MR) is 76.2 cm³/mol. The van der Waals surface area contributed by atoms with Gasteiger partial charge < -0.3 is 10.0 Å². The van der Waals surface area contributed by atoms with Gasteiger partial charge in [0.05, 0.1) is 0 Å². The lowest BCUT2D eigenvalue weighted by Crippen LogP contribution is -2.36. The molecule has 1 N–H and O–H groups in total. The zero-order valence-corrected chi connectivity index (χ0v) is 12.2. The van der Waals surface area contributed by atoms with Crippen LogP contribution in [0.2, 0.25) is 0 Å². The van der Waals surface area contributed by atoms with E-state index in [-0.39, 0.29) is 24.7 Å². The summed E-state index contributed by atoms with van der Waals surface area (Å²) < 4.78 is 12.7. The molecule has 1 aromatic rings. The second kappa shape index (κ2) is 8.58. The van der Waals surface area contributed by atoms with Gasteiger partial charge in [-0.15, -0.1) is 11.8 Å². The van der Waals surface area contributed by atoms with E-state index in [1.54, 1.807) is 12.1 Å². The maximum Gasteiger partial charge on any atom is 0.323 e. The van der Waals surface area contributed by atoms with Gasteiger partial charge in [-0.1, -0.05) is 6.92 Å². The average molecular weight is 299 g/mol. The molecule has 0 fully saturated rings. The number of halogens is 1. The quantitative estimate of drug-likeness (QED) is 0.750. The van der Waals surface area contributed by atoms with Crippen molar-refractivity contribution in [1.82, 2.24) is 4.90 Å². The fourth-order valence-electron chi connectivity index (χ4n) is 1.67. The number of benzene rings is 1. The molecule has 0 aliphatic rings. The molecular formula is C14H18FNO3S. The molecule has 0 saturated heterocycles. The number of hydrogen-bond acceptors (Lipinski definition) is 3. The van der Waals surface area contributed by atoms with Crippen molar-refractivity contribution in [2.45, 2.75) is 24.7 Å². The van der Waals surface area contributed by atoms with Gasteiger partial charge in [0.1, 0.15) is 12.4 Å². The Hall–Kier alpha value is -1.56. The van der Waals surface area contributed by atoms with Crippen molar-refractivity contribution in [3.8, 4) is 0 Å². The van der Waals surface area contributed by atoms with Gasteiger partial charge in [0.15, 0.2) is 0 Å². The molecule has 0 aliphatic heterocycles. The smallest absolute Gasteiger partial charge is 0.323 e. The SMILES string of the molecule is CCCN(CC(=O)O)C(=O)CCSc1ccc(F)cc1. The summed E-state index contributed by atoms with van der Waals surface area (Å²) in [6, 6.07) is 6.06. The zero-order chi connectivity index (χ0) is 15.0. The average Bonchev–Trinajstić information content (AvgIpc) is 2.40. The molecule has 1 amide bonds. The van der Waals surface area contributed by atoms with Gasteiger partial charge in [0.2, 0.25) is 5.91 Å². The highest BCUT2D eigenvalue weighted by Crippen LogP contribution is 2.19. The maximum absolute atomic E-state index is 12.7. The summed E-state index contributed by atoms with van der Waals surface area (Å²) in [7, 11) is 0. The summed E-state index contributed by atoms with van der Waals surface area (Å²) in [5, 5.41) is 8.75. The summed E-state index contributed by atoms with van der Waals surface area (Å²) in [5.41, 5.74) is 0. The highest BCUT2D eigenvalue weighted by atomic mass is 32.2. The lowest BCUT2D eigenvalue weighted by atomic mass is 10.3. The van der Waals surface area contributed by atoms with Crippen LogP contribution in [-0.2, 0) is 9.59 Å². The van der Waals surface area contributed by atoms with Crippen molar-refractivity contribution in [3.05, 3.63) is 30.1 Å². The van der Waals surface area contributed by atoms with Gasteiger partial charge in [-0.3, -0.25) is 9.59 Å². The molecule has 0 saturated carbocycles. The van der Waals surface area contributed by atoms with Gasteiger partial charge >= 0.3 is 5.97 Å². The predicted octanol–water partition coefficient (Wildman–Crippen LogP) is 2.63. The Bertz CT molecular complexity index is 450. The van der Waals surface area contributed by atoms with E-state index in [0.29, 0.717) is 12.3 Å². The molecule has 0 aromatic heterocycles. The first kappa shape index (κ1) is 16.5. The van der Waals surface area contributed by atoms with Crippen molar-refractivity contribution in [2.75, 3.05) is 18.8 Å². The fourth-order valence-corrected chi connectivity index (χ4v) is 2.51. The minimum absolute atomic E-state index is 0.163. The first-order valence-electron chi connectivity index (χ1n) is 6.41. The van der Waals surface area contributed by atoms with Crippen LogP contribution in [0.25, 0.3) is 0 Å². The monoisotopic (exact) mass is 299 g/mol. The number of rotatable bonds is 8. The van der Waals surface area contributed by atoms with Gasteiger partial charge in [-0.05, 0) is 30.7 Å². The van der Waals surface area contributed by atoms with Crippen LogP contribution in [-0.4, -0.2) is 40.7 Å². The zero-order valence-electron chi connectivity index (χ0n) is 11.3. The van der Waals surface area contributed by atoms with Crippen LogP contribution < -0.4 is 0 Å². The third-order valence-corrected chi connectivity index (χ3v) is 3.58. The van der Waals surface area contributed by atoms with Crippen LogP contribution in [0.5, 0.6) is 0 Å². The van der Waals surface area contributed by atoms with Crippen LogP contribution in [0.15, 0.2) is 29.2 Å². The summed E-state index contributed by atoms with van der Waals surface area (Å²) in [5.74, 6) is -0.910. The van der Waals surface area contributed by atoms with E-state index in [0.717, 1.165) is 11.3 Å². The van der Waals surface area contributed by atoms with Crippen LogP contribution in [0, 0.1) is 5.82 Å². The van der Waals surface area contributed by atoms with E-state index in [2.05, 4.69) is 0 Å². The molecule has 110 valence electrons. The Balaban J connectivity index is 2.40. The minimum Gasteiger partial charge on any atom is -0.480 e. The third-order valence-electron chi connectivity index (χ3n) is 2.57. The molecule has 0 spiro atoms. The minimum atomic E-state index is -1.00. The lowest BCUT2D eigenvalue weighted by Gasteiger charge is -2.19. The molecule has 0 bridgehead atoms. The lowest BCUT2D eigenvalue weighted by molar-refractivity contribution is -0.144. The van der Waals surface area contributed by atoms with Crippen LogP contribution >= 0.6 is 11.8 Å². The number of aliphatic carboxylic acids is 1. The standard InChI is InChI=1S/C14H18FNO3S/c1-2-8-16(10-14(18)19)13(17)7-9-20-12-5-3-11(15)4-6-12/h3-6H,2,7-10H2,1H3,(H,18,19). The van der Waals surface area contributed by atoms with E-state index in [9.17, 15) is 14.0 Å². The number of nitrogens with zero attached hydrogens (tertiary/aromatic N) is 1. The fraction of sp³-hybridized carbons (Fsp3) is 0.429. The van der Waals surface area contributed by atoms with Crippen LogP contribution in [0.3, 0.4) is 0 Å². The molecule has 1 rings (SSSR count). The number of carbonyl (C=O) groups is 2. The molecule has 0 unspecified atom stereocenters. The maximum atomic E-state index is 12.7. The van der Waals surface area contributed by atoms with Crippen molar-refractivity contribution >= 4 is 23.6 Å². The Morgan fingerprint density at radius 1 is 1.30 bits per heavy atom. The topological polar surface area (TPSA) is 57.6 Å². The summed E-state index contributed by atoms with van der Waals surface area (Å²) in [4.78, 5) is 24.8. The Kier molecular flexibility index (Phi) is 7.08. The van der Waals surface area contributed by atoms with E-state index in [1.165, 1.54) is 28.8 Å². The molecule has 0 aliphatic carbocycles. The van der Waals surface area contributed by atoms with Gasteiger partial charge in [0, 0.05) is 23.6 Å². The molecule has 4 nitrogen and oxygen atoms in total. The van der Waals surface area contributed by atoms with Crippen molar-refractivity contribution in [3.63, 3.8) is 0 Å². The van der Waals surface area contributed by atoms with Crippen LogP contribution in [0.4, 0.5) is 4.39 Å². The van der Waals surface area contributed by atoms with Gasteiger partial charge in [-0.2, -0.15) is 0 Å². The largest absolute Gasteiger partial charge is 0.480 e. The summed E-state index contributed by atoms with van der Waals surface area (Å²) >= 11 is 1.45. The normalized spacial score (nSPS) is 10.3. The second-order valence-electron chi connectivity index (χ2n) is 4.26. The van der Waals surface area contributed by atoms with Gasteiger partial charge in [0.25, 0.3) is 0 Å². The molecule has 1 aromatic carbocycles.